The van der Waals surface area contributed by atoms with Crippen molar-refractivity contribution < 1.29 is 31.2 Å². The molecule has 0 spiro atoms. The van der Waals surface area contributed by atoms with Crippen molar-refractivity contribution >= 4 is 11.7 Å². The second kappa shape index (κ2) is 8.10. The molecule has 36 heavy (non-hydrogen) atoms. The minimum atomic E-state index is -5.03. The Bertz CT molecular complexity index is 1420. The minimum Gasteiger partial charge on any atom is -0.423 e. The Hall–Kier alpha value is -3.84. The summed E-state index contributed by atoms with van der Waals surface area (Å²) in [6.45, 7) is 3.62. The van der Waals surface area contributed by atoms with Crippen LogP contribution >= 0.6 is 0 Å². The number of aromatic nitrogens is 4. The summed E-state index contributed by atoms with van der Waals surface area (Å²) in [7, 11) is 0. The van der Waals surface area contributed by atoms with E-state index in [-0.39, 0.29) is 23.9 Å². The molecule has 2 bridgehead atoms. The van der Waals surface area contributed by atoms with Crippen molar-refractivity contribution in [1.82, 2.24) is 25.1 Å². The Kier molecular flexibility index (Phi) is 5.37. The summed E-state index contributed by atoms with van der Waals surface area (Å²) in [6, 6.07) is -0.0921. The number of alkyl halides is 3. The highest BCUT2D eigenvalue weighted by Crippen LogP contribution is 2.55. The number of fused-ring (bicyclic) bond motifs is 2. The maximum absolute atomic E-state index is 14.8. The van der Waals surface area contributed by atoms with Gasteiger partial charge in [0.05, 0.1) is 17.4 Å². The van der Waals surface area contributed by atoms with Gasteiger partial charge in [-0.3, -0.25) is 4.79 Å². The first kappa shape index (κ1) is 23.9. The largest absolute Gasteiger partial charge is 0.423 e. The fraction of sp³-hybridized carbons (Fsp3) is 0.409. The van der Waals surface area contributed by atoms with Crippen LogP contribution in [0.1, 0.15) is 43.5 Å². The first-order valence-corrected chi connectivity index (χ1v) is 11.0. The van der Waals surface area contributed by atoms with Gasteiger partial charge in [-0.25, -0.2) is 14.2 Å². The number of urea groups is 1. The van der Waals surface area contributed by atoms with Crippen LogP contribution in [-0.4, -0.2) is 37.1 Å². The van der Waals surface area contributed by atoms with E-state index < -0.39 is 57.6 Å². The van der Waals surface area contributed by atoms with Gasteiger partial charge < -0.3 is 19.6 Å². The number of rotatable bonds is 3. The van der Waals surface area contributed by atoms with Crippen LogP contribution < -0.4 is 10.9 Å². The van der Waals surface area contributed by atoms with Gasteiger partial charge in [0.25, 0.3) is 5.56 Å². The monoisotopic (exact) mass is 510 g/mol. The third-order valence-corrected chi connectivity index (χ3v) is 6.57. The molecule has 2 aliphatic rings. The number of H-pyrrole nitrogens is 1. The third kappa shape index (κ3) is 3.80. The van der Waals surface area contributed by atoms with Crippen molar-refractivity contribution in [2.24, 2.45) is 5.92 Å². The van der Waals surface area contributed by atoms with Crippen molar-refractivity contribution in [3.63, 3.8) is 0 Å². The molecule has 2 fully saturated rings. The fourth-order valence-electron chi connectivity index (χ4n) is 5.22. The van der Waals surface area contributed by atoms with Crippen LogP contribution in [0.5, 0.6) is 0 Å². The summed E-state index contributed by atoms with van der Waals surface area (Å²) in [5, 5.41) is 10.2. The Morgan fingerprint density at radius 3 is 2.61 bits per heavy atom. The second-order valence-electron chi connectivity index (χ2n) is 9.15. The number of nitrogens with zero attached hydrogens (tertiary/aromatic N) is 4. The second-order valence-corrected chi connectivity index (χ2v) is 9.15. The van der Waals surface area contributed by atoms with Gasteiger partial charge in [0, 0.05) is 24.9 Å². The molecule has 3 atom stereocenters. The van der Waals surface area contributed by atoms with Crippen LogP contribution in [0.3, 0.4) is 0 Å². The van der Waals surface area contributed by atoms with Crippen molar-refractivity contribution in [2.45, 2.75) is 50.9 Å². The number of hydrogen-bond acceptors (Lipinski definition) is 6. The molecule has 3 heterocycles. The highest BCUT2D eigenvalue weighted by molar-refractivity contribution is 5.92. The molecule has 5 rings (SSSR count). The van der Waals surface area contributed by atoms with Crippen LogP contribution in [0.4, 0.5) is 32.4 Å². The van der Waals surface area contributed by atoms with E-state index in [1.54, 1.807) is 6.92 Å². The Morgan fingerprint density at radius 2 is 1.97 bits per heavy atom. The number of piperidine rings is 1. The Morgan fingerprint density at radius 1 is 1.22 bits per heavy atom. The normalized spacial score (nSPS) is 23.4. The minimum absolute atomic E-state index is 0.185. The molecule has 14 heteroatoms. The highest BCUT2D eigenvalue weighted by Gasteiger charge is 2.62. The molecular formula is C22H19F5N6O3. The zero-order valence-electron chi connectivity index (χ0n) is 18.9. The molecule has 2 aromatic heterocycles. The number of carbonyl (C=O) groups is 1. The molecule has 190 valence electrons. The summed E-state index contributed by atoms with van der Waals surface area (Å²) in [5.41, 5.74) is -4.99. The molecule has 1 aliphatic carbocycles. The number of anilines is 1. The summed E-state index contributed by atoms with van der Waals surface area (Å²) in [6.07, 6.45) is -2.84. The van der Waals surface area contributed by atoms with Crippen LogP contribution in [0, 0.1) is 24.5 Å². The number of amides is 2. The zero-order chi connectivity index (χ0) is 26.0. The standard InChI is InChI=1S/C22H19F5N6O3/c1-9-3-11-7-21(6-9,19-32-31-10(2)36-19)33(11)20(35)29-16-4-12(13(5-14(16)23)22(25,26)27)17-28-8-15(24)18(34)30-17/h4-5,8-9,11H,3,6-7H2,1-2H3,(H,29,35)(H,28,30,34)/t9-,11+,21-/m0/s1. The molecular weight excluding hydrogens is 491 g/mol. The SMILES string of the molecule is Cc1nnc([C@]23C[C@@H](C)C[C@H](C2)N3C(=O)Nc2cc(-c3ncc(F)c(=O)[nH]3)c(C(F)(F)F)cc2F)o1. The van der Waals surface area contributed by atoms with Gasteiger partial charge in [-0.05, 0) is 30.9 Å². The van der Waals surface area contributed by atoms with Crippen molar-refractivity contribution in [2.75, 3.05) is 5.32 Å². The highest BCUT2D eigenvalue weighted by atomic mass is 19.4. The lowest BCUT2D eigenvalue weighted by Gasteiger charge is -2.61. The molecule has 9 nitrogen and oxygen atoms in total. The summed E-state index contributed by atoms with van der Waals surface area (Å²) < 4.78 is 74.7. The molecule has 1 saturated carbocycles. The van der Waals surface area contributed by atoms with Gasteiger partial charge in [0.15, 0.2) is 0 Å². The smallest absolute Gasteiger partial charge is 0.417 e. The predicted molar refractivity (Wildman–Crippen MR) is 114 cm³/mol. The van der Waals surface area contributed by atoms with Gasteiger partial charge in [0.2, 0.25) is 17.6 Å². The van der Waals surface area contributed by atoms with Crippen molar-refractivity contribution in [1.29, 1.82) is 0 Å². The van der Waals surface area contributed by atoms with E-state index in [2.05, 4.69) is 20.5 Å². The summed E-state index contributed by atoms with van der Waals surface area (Å²) >= 11 is 0. The van der Waals surface area contributed by atoms with E-state index in [4.69, 9.17) is 4.42 Å². The fourth-order valence-corrected chi connectivity index (χ4v) is 5.22. The Balaban J connectivity index is 1.53. The van der Waals surface area contributed by atoms with E-state index in [9.17, 15) is 31.5 Å². The molecule has 2 amide bonds. The van der Waals surface area contributed by atoms with Gasteiger partial charge in [-0.15, -0.1) is 10.2 Å². The van der Waals surface area contributed by atoms with Gasteiger partial charge in [0.1, 0.15) is 17.2 Å². The Labute approximate surface area is 199 Å². The van der Waals surface area contributed by atoms with Gasteiger partial charge in [-0.2, -0.15) is 17.6 Å². The number of aromatic amines is 1. The average molecular weight is 510 g/mol. The molecule has 1 aliphatic heterocycles. The van der Waals surface area contributed by atoms with E-state index in [1.807, 2.05) is 11.9 Å². The van der Waals surface area contributed by atoms with Crippen LogP contribution in [0.2, 0.25) is 0 Å². The average Bonchev–Trinajstić information content (AvgIpc) is 3.22. The molecule has 2 N–H and O–H groups in total. The van der Waals surface area contributed by atoms with E-state index in [0.717, 1.165) is 0 Å². The van der Waals surface area contributed by atoms with Gasteiger partial charge >= 0.3 is 12.2 Å². The number of halogens is 5. The maximum Gasteiger partial charge on any atom is 0.417 e. The number of carbonyl (C=O) groups excluding carboxylic acids is 1. The molecule has 1 aromatic carbocycles. The summed E-state index contributed by atoms with van der Waals surface area (Å²) in [4.78, 5) is 31.8. The number of hydrogen-bond donors (Lipinski definition) is 2. The maximum atomic E-state index is 14.8. The number of nitrogens with one attached hydrogen (secondary N) is 2. The van der Waals surface area contributed by atoms with Crippen LogP contribution in [0.25, 0.3) is 11.4 Å². The quantitative estimate of drug-likeness (QED) is 0.506. The first-order chi connectivity index (χ1) is 16.9. The lowest BCUT2D eigenvalue weighted by molar-refractivity contribution is -0.137. The van der Waals surface area contributed by atoms with Crippen molar-refractivity contribution in [3.8, 4) is 11.4 Å². The molecule has 0 radical (unpaired) electrons. The molecule has 3 aromatic rings. The summed E-state index contributed by atoms with van der Waals surface area (Å²) in [5.74, 6) is -2.53. The number of likely N-dealkylation sites (tertiary alicyclic amines) is 1. The van der Waals surface area contributed by atoms with E-state index in [1.165, 1.54) is 4.90 Å². The van der Waals surface area contributed by atoms with E-state index in [0.29, 0.717) is 37.4 Å². The van der Waals surface area contributed by atoms with E-state index >= 15 is 0 Å². The lowest BCUT2D eigenvalue weighted by Crippen LogP contribution is -2.70. The van der Waals surface area contributed by atoms with Crippen molar-refractivity contribution in [3.05, 3.63) is 57.7 Å². The van der Waals surface area contributed by atoms with Crippen LogP contribution in [0.15, 0.2) is 27.5 Å². The number of aryl methyl sites for hydroxylation is 1. The lowest BCUT2D eigenvalue weighted by atomic mass is 9.64. The number of benzene rings is 1. The predicted octanol–water partition coefficient (Wildman–Crippen LogP) is 4.36. The first-order valence-electron chi connectivity index (χ1n) is 11.0. The van der Waals surface area contributed by atoms with Crippen LogP contribution in [-0.2, 0) is 11.7 Å². The van der Waals surface area contributed by atoms with Gasteiger partial charge in [-0.1, -0.05) is 6.92 Å². The zero-order valence-corrected chi connectivity index (χ0v) is 18.9. The topological polar surface area (TPSA) is 117 Å². The third-order valence-electron chi connectivity index (χ3n) is 6.57. The molecule has 0 unspecified atom stereocenters. The molecule has 1 saturated heterocycles.